The summed E-state index contributed by atoms with van der Waals surface area (Å²) in [5.74, 6) is -1.71. The zero-order valence-corrected chi connectivity index (χ0v) is 11.1. The van der Waals surface area contributed by atoms with Gasteiger partial charge in [0.1, 0.15) is 15.9 Å². The maximum atomic E-state index is 11.7. The molecule has 104 valence electrons. The molecule has 0 radical (unpaired) electrons. The van der Waals surface area contributed by atoms with Crippen molar-refractivity contribution in [3.63, 3.8) is 0 Å². The maximum Gasteiger partial charge on any atom is 0.332 e. The van der Waals surface area contributed by atoms with Gasteiger partial charge in [-0.15, -0.1) is 0 Å². The van der Waals surface area contributed by atoms with Gasteiger partial charge in [-0.1, -0.05) is 0 Å². The van der Waals surface area contributed by atoms with Gasteiger partial charge in [-0.05, 0) is 19.8 Å². The van der Waals surface area contributed by atoms with Gasteiger partial charge in [0.15, 0.2) is 6.10 Å². The van der Waals surface area contributed by atoms with Gasteiger partial charge in [0.25, 0.3) is 0 Å². The Morgan fingerprint density at radius 2 is 1.94 bits per heavy atom. The van der Waals surface area contributed by atoms with Gasteiger partial charge in [-0.25, -0.2) is 13.2 Å². The van der Waals surface area contributed by atoms with E-state index in [1.807, 2.05) is 0 Å². The van der Waals surface area contributed by atoms with E-state index in [0.717, 1.165) is 6.26 Å². The molecule has 1 saturated heterocycles. The van der Waals surface area contributed by atoms with Gasteiger partial charge in [0.2, 0.25) is 5.91 Å². The molecule has 0 bridgehead atoms. The van der Waals surface area contributed by atoms with E-state index < -0.39 is 40.0 Å². The minimum Gasteiger partial charge on any atom is -0.479 e. The summed E-state index contributed by atoms with van der Waals surface area (Å²) in [5.41, 5.74) is 0. The number of aliphatic carboxylic acids is 1. The number of carboxylic acids is 1. The molecule has 1 unspecified atom stereocenters. The Hall–Kier alpha value is -1.15. The van der Waals surface area contributed by atoms with Crippen LogP contribution < -0.4 is 5.32 Å². The first-order valence-electron chi connectivity index (χ1n) is 5.55. The van der Waals surface area contributed by atoms with Crippen molar-refractivity contribution in [2.24, 2.45) is 0 Å². The second-order valence-electron chi connectivity index (χ2n) is 4.53. The molecule has 0 spiro atoms. The summed E-state index contributed by atoms with van der Waals surface area (Å²) in [6, 6.07) is -0.528. The summed E-state index contributed by atoms with van der Waals surface area (Å²) in [6.07, 6.45) is -0.0659. The summed E-state index contributed by atoms with van der Waals surface area (Å²) >= 11 is 0. The normalized spacial score (nSPS) is 25.7. The molecule has 1 amide bonds. The zero-order valence-electron chi connectivity index (χ0n) is 10.3. The van der Waals surface area contributed by atoms with Gasteiger partial charge in [-0.3, -0.25) is 4.79 Å². The van der Waals surface area contributed by atoms with E-state index in [1.165, 1.54) is 0 Å². The smallest absolute Gasteiger partial charge is 0.332 e. The topological polar surface area (TPSA) is 110 Å². The second kappa shape index (κ2) is 5.66. The Kier molecular flexibility index (Phi) is 4.69. The zero-order chi connectivity index (χ0) is 13.9. The highest BCUT2D eigenvalue weighted by Crippen LogP contribution is 2.20. The van der Waals surface area contributed by atoms with Gasteiger partial charge >= 0.3 is 5.97 Å². The third kappa shape index (κ3) is 4.61. The van der Waals surface area contributed by atoms with E-state index in [0.29, 0.717) is 6.42 Å². The van der Waals surface area contributed by atoms with Crippen LogP contribution in [0.5, 0.6) is 0 Å². The van der Waals surface area contributed by atoms with Crippen molar-refractivity contribution >= 4 is 21.7 Å². The summed E-state index contributed by atoms with van der Waals surface area (Å²) in [5, 5.41) is 11.2. The van der Waals surface area contributed by atoms with E-state index in [9.17, 15) is 18.0 Å². The van der Waals surface area contributed by atoms with Crippen LogP contribution in [0.1, 0.15) is 19.8 Å². The Morgan fingerprint density at radius 1 is 1.39 bits per heavy atom. The van der Waals surface area contributed by atoms with E-state index in [2.05, 4.69) is 5.32 Å². The highest BCUT2D eigenvalue weighted by atomic mass is 32.2. The molecule has 1 heterocycles. The Balaban J connectivity index is 2.45. The molecular formula is C10H17NO6S. The lowest BCUT2D eigenvalue weighted by Gasteiger charge is -2.16. The number of carbonyl (C=O) groups is 2. The average molecular weight is 279 g/mol. The van der Waals surface area contributed by atoms with Crippen molar-refractivity contribution in [1.29, 1.82) is 0 Å². The minimum absolute atomic E-state index is 0.159. The molecule has 0 aliphatic carbocycles. The van der Waals surface area contributed by atoms with Crippen LogP contribution in [0.25, 0.3) is 0 Å². The van der Waals surface area contributed by atoms with Crippen LogP contribution in [-0.2, 0) is 24.2 Å². The molecule has 0 aromatic rings. The quantitative estimate of drug-likeness (QED) is 0.679. The molecule has 7 nitrogen and oxygen atoms in total. The number of rotatable bonds is 5. The molecule has 0 aromatic carbocycles. The molecule has 0 aromatic heterocycles. The molecule has 1 aliphatic heterocycles. The van der Waals surface area contributed by atoms with Crippen LogP contribution in [0.4, 0.5) is 0 Å². The standard InChI is InChI=1S/C10H17NO6S/c1-6(5-18(2,15)16)11-9(12)7-3-4-8(17-7)10(13)14/h6-8H,3-5H2,1-2H3,(H,11,12)(H,13,14)/t6?,7-,8+/m0/s1. The summed E-state index contributed by atoms with van der Waals surface area (Å²) in [4.78, 5) is 22.3. The highest BCUT2D eigenvalue weighted by Gasteiger charge is 2.35. The van der Waals surface area contributed by atoms with Crippen molar-refractivity contribution in [3.8, 4) is 0 Å². The molecule has 0 saturated carbocycles. The van der Waals surface area contributed by atoms with Gasteiger partial charge < -0.3 is 15.2 Å². The number of amides is 1. The van der Waals surface area contributed by atoms with Gasteiger partial charge in [0, 0.05) is 12.3 Å². The molecule has 2 N–H and O–H groups in total. The third-order valence-electron chi connectivity index (χ3n) is 2.53. The monoisotopic (exact) mass is 279 g/mol. The molecule has 1 fully saturated rings. The lowest BCUT2D eigenvalue weighted by Crippen LogP contribution is -2.43. The Morgan fingerprint density at radius 3 is 2.39 bits per heavy atom. The number of carboxylic acid groups (broad SMARTS) is 1. The van der Waals surface area contributed by atoms with Crippen molar-refractivity contribution in [1.82, 2.24) is 5.32 Å². The van der Waals surface area contributed by atoms with E-state index in [4.69, 9.17) is 9.84 Å². The van der Waals surface area contributed by atoms with E-state index in [1.54, 1.807) is 6.92 Å². The van der Waals surface area contributed by atoms with Crippen LogP contribution in [0.2, 0.25) is 0 Å². The fraction of sp³-hybridized carbons (Fsp3) is 0.800. The number of ether oxygens (including phenoxy) is 1. The molecule has 3 atom stereocenters. The number of hydrogen-bond donors (Lipinski definition) is 2. The molecule has 8 heteroatoms. The van der Waals surface area contributed by atoms with Crippen LogP contribution in [0.3, 0.4) is 0 Å². The summed E-state index contributed by atoms with van der Waals surface area (Å²) in [7, 11) is -3.17. The van der Waals surface area contributed by atoms with Crippen LogP contribution in [0, 0.1) is 0 Å². The Labute approximate surface area is 105 Å². The highest BCUT2D eigenvalue weighted by molar-refractivity contribution is 7.90. The van der Waals surface area contributed by atoms with Crippen molar-refractivity contribution < 1.29 is 27.9 Å². The predicted molar refractivity (Wildman–Crippen MR) is 62.8 cm³/mol. The van der Waals surface area contributed by atoms with E-state index >= 15 is 0 Å². The van der Waals surface area contributed by atoms with Gasteiger partial charge in [-0.2, -0.15) is 0 Å². The summed E-state index contributed by atoms with van der Waals surface area (Å²) < 4.78 is 27.1. The first-order chi connectivity index (χ1) is 8.19. The lowest BCUT2D eigenvalue weighted by atomic mass is 10.2. The number of carbonyl (C=O) groups excluding carboxylic acids is 1. The molecule has 1 aliphatic rings. The first kappa shape index (κ1) is 14.9. The van der Waals surface area contributed by atoms with Crippen molar-refractivity contribution in [2.45, 2.75) is 38.0 Å². The Bertz CT molecular complexity index is 432. The molecule has 18 heavy (non-hydrogen) atoms. The first-order valence-corrected chi connectivity index (χ1v) is 7.61. The average Bonchev–Trinajstić information content (AvgIpc) is 2.62. The predicted octanol–water partition coefficient (Wildman–Crippen LogP) is -0.832. The summed E-state index contributed by atoms with van der Waals surface area (Å²) in [6.45, 7) is 1.57. The number of hydrogen-bond acceptors (Lipinski definition) is 5. The molecule has 1 rings (SSSR count). The largest absolute Gasteiger partial charge is 0.479 e. The van der Waals surface area contributed by atoms with Gasteiger partial charge in [0.05, 0.1) is 5.75 Å². The number of sulfone groups is 1. The van der Waals surface area contributed by atoms with Crippen LogP contribution >= 0.6 is 0 Å². The lowest BCUT2D eigenvalue weighted by molar-refractivity contribution is -0.151. The minimum atomic E-state index is -3.17. The maximum absolute atomic E-state index is 11.7. The van der Waals surface area contributed by atoms with Crippen molar-refractivity contribution in [2.75, 3.05) is 12.0 Å². The molecular weight excluding hydrogens is 262 g/mol. The van der Waals surface area contributed by atoms with Crippen molar-refractivity contribution in [3.05, 3.63) is 0 Å². The van der Waals surface area contributed by atoms with Crippen LogP contribution in [-0.4, -0.2) is 55.7 Å². The fourth-order valence-corrected chi connectivity index (χ4v) is 2.83. The van der Waals surface area contributed by atoms with Crippen LogP contribution in [0.15, 0.2) is 0 Å². The third-order valence-corrected chi connectivity index (χ3v) is 3.63. The number of nitrogens with one attached hydrogen (secondary N) is 1. The fourth-order valence-electron chi connectivity index (χ4n) is 1.84. The SMILES string of the molecule is CC(CS(C)(=O)=O)NC(=O)[C@@H]1CC[C@H](C(=O)O)O1. The second-order valence-corrected chi connectivity index (χ2v) is 6.72. The van der Waals surface area contributed by atoms with E-state index in [-0.39, 0.29) is 12.2 Å².